The van der Waals surface area contributed by atoms with Crippen LogP contribution in [0.4, 0.5) is 17.1 Å². The van der Waals surface area contributed by atoms with E-state index in [9.17, 15) is 4.79 Å². The summed E-state index contributed by atoms with van der Waals surface area (Å²) in [5, 5.41) is 3.03. The molecule has 0 spiro atoms. The summed E-state index contributed by atoms with van der Waals surface area (Å²) in [5.74, 6) is 0.337. The predicted octanol–water partition coefficient (Wildman–Crippen LogP) is 3.79. The highest BCUT2D eigenvalue weighted by molar-refractivity contribution is 6.05. The molecule has 5 nitrogen and oxygen atoms in total. The number of anilines is 3. The molecule has 0 aliphatic carbocycles. The molecule has 26 heavy (non-hydrogen) atoms. The number of aryl methyl sites for hydroxylation is 1. The van der Waals surface area contributed by atoms with Gasteiger partial charge in [0, 0.05) is 24.3 Å². The van der Waals surface area contributed by atoms with E-state index in [1.807, 2.05) is 43.3 Å². The topological polar surface area (TPSA) is 67.6 Å². The van der Waals surface area contributed by atoms with Crippen LogP contribution >= 0.6 is 0 Å². The standard InChI is InChI=1S/C21H27N3O2/c1-14(2)16-4-6-17(7-5-16)21(25)23-19-13-20(18(22)12-15(19)3)24-8-10-26-11-9-24/h4-7,12-14H,8-11,22H2,1-3H3,(H,23,25). The van der Waals surface area contributed by atoms with Crippen LogP contribution in [0.1, 0.15) is 41.3 Å². The fourth-order valence-corrected chi connectivity index (χ4v) is 3.15. The van der Waals surface area contributed by atoms with Gasteiger partial charge >= 0.3 is 0 Å². The summed E-state index contributed by atoms with van der Waals surface area (Å²) in [5.41, 5.74) is 11.5. The third-order valence-electron chi connectivity index (χ3n) is 4.81. The Labute approximate surface area is 155 Å². The Morgan fingerprint density at radius 1 is 1.15 bits per heavy atom. The Morgan fingerprint density at radius 2 is 1.81 bits per heavy atom. The fraction of sp³-hybridized carbons (Fsp3) is 0.381. The summed E-state index contributed by atoms with van der Waals surface area (Å²) in [6.07, 6.45) is 0. The first-order chi connectivity index (χ1) is 12.5. The third kappa shape index (κ3) is 3.99. The van der Waals surface area contributed by atoms with E-state index < -0.39 is 0 Å². The van der Waals surface area contributed by atoms with Crippen LogP contribution in [0.2, 0.25) is 0 Å². The SMILES string of the molecule is Cc1cc(N)c(N2CCOCC2)cc1NC(=O)c1ccc(C(C)C)cc1. The van der Waals surface area contributed by atoms with E-state index >= 15 is 0 Å². The normalized spacial score (nSPS) is 14.5. The van der Waals surface area contributed by atoms with Gasteiger partial charge in [-0.25, -0.2) is 0 Å². The molecule has 1 amide bonds. The van der Waals surface area contributed by atoms with Gasteiger partial charge in [-0.1, -0.05) is 26.0 Å². The van der Waals surface area contributed by atoms with Crippen molar-refractivity contribution in [2.75, 3.05) is 42.3 Å². The number of hydrogen-bond donors (Lipinski definition) is 2. The summed E-state index contributed by atoms with van der Waals surface area (Å²) < 4.78 is 5.41. The van der Waals surface area contributed by atoms with E-state index in [0.29, 0.717) is 24.7 Å². The average molecular weight is 353 g/mol. The Morgan fingerprint density at radius 3 is 2.42 bits per heavy atom. The van der Waals surface area contributed by atoms with Crippen molar-refractivity contribution >= 4 is 23.0 Å². The third-order valence-corrected chi connectivity index (χ3v) is 4.81. The highest BCUT2D eigenvalue weighted by atomic mass is 16.5. The minimum absolute atomic E-state index is 0.110. The quantitative estimate of drug-likeness (QED) is 0.821. The van der Waals surface area contributed by atoms with Crippen LogP contribution in [-0.2, 0) is 4.74 Å². The lowest BCUT2D eigenvalue weighted by Crippen LogP contribution is -2.36. The van der Waals surface area contributed by atoms with Gasteiger partial charge in [0.05, 0.1) is 24.6 Å². The number of carbonyl (C=O) groups is 1. The number of hydrogen-bond acceptors (Lipinski definition) is 4. The molecule has 0 unspecified atom stereocenters. The number of nitrogens with two attached hydrogens (primary N) is 1. The van der Waals surface area contributed by atoms with Gasteiger partial charge in [0.2, 0.25) is 0 Å². The Kier molecular flexibility index (Phi) is 5.47. The van der Waals surface area contributed by atoms with Crippen molar-refractivity contribution in [3.05, 3.63) is 53.1 Å². The zero-order chi connectivity index (χ0) is 18.7. The zero-order valence-electron chi connectivity index (χ0n) is 15.7. The number of nitrogens with one attached hydrogen (secondary N) is 1. The molecular weight excluding hydrogens is 326 g/mol. The largest absolute Gasteiger partial charge is 0.397 e. The predicted molar refractivity (Wildman–Crippen MR) is 107 cm³/mol. The lowest BCUT2D eigenvalue weighted by atomic mass is 10.0. The molecule has 1 saturated heterocycles. The highest BCUT2D eigenvalue weighted by Gasteiger charge is 2.17. The lowest BCUT2D eigenvalue weighted by Gasteiger charge is -2.30. The van der Waals surface area contributed by atoms with E-state index in [4.69, 9.17) is 10.5 Å². The van der Waals surface area contributed by atoms with Gasteiger partial charge in [0.25, 0.3) is 5.91 Å². The summed E-state index contributed by atoms with van der Waals surface area (Å²) in [6.45, 7) is 9.22. The molecule has 0 radical (unpaired) electrons. The molecule has 0 saturated carbocycles. The Balaban J connectivity index is 1.81. The molecule has 5 heteroatoms. The van der Waals surface area contributed by atoms with Gasteiger partial charge in [-0.05, 0) is 48.2 Å². The van der Waals surface area contributed by atoms with Gasteiger partial charge in [0.1, 0.15) is 0 Å². The molecule has 1 fully saturated rings. The van der Waals surface area contributed by atoms with E-state index in [0.717, 1.165) is 35.7 Å². The average Bonchev–Trinajstić information content (AvgIpc) is 2.64. The minimum Gasteiger partial charge on any atom is -0.397 e. The van der Waals surface area contributed by atoms with Crippen LogP contribution in [0.15, 0.2) is 36.4 Å². The van der Waals surface area contributed by atoms with Gasteiger partial charge in [-0.2, -0.15) is 0 Å². The Bertz CT molecular complexity index is 779. The molecule has 1 aliphatic heterocycles. The summed E-state index contributed by atoms with van der Waals surface area (Å²) in [6, 6.07) is 11.7. The van der Waals surface area contributed by atoms with Crippen molar-refractivity contribution < 1.29 is 9.53 Å². The second kappa shape index (κ2) is 7.79. The number of benzene rings is 2. The lowest BCUT2D eigenvalue weighted by molar-refractivity contribution is 0.102. The summed E-state index contributed by atoms with van der Waals surface area (Å²) in [4.78, 5) is 14.8. The van der Waals surface area contributed by atoms with Gasteiger partial charge in [-0.3, -0.25) is 4.79 Å². The summed E-state index contributed by atoms with van der Waals surface area (Å²) in [7, 11) is 0. The van der Waals surface area contributed by atoms with Gasteiger partial charge in [0.15, 0.2) is 0 Å². The molecule has 1 aliphatic rings. The number of ether oxygens (including phenoxy) is 1. The van der Waals surface area contributed by atoms with E-state index in [1.54, 1.807) is 0 Å². The van der Waals surface area contributed by atoms with E-state index in [-0.39, 0.29) is 5.91 Å². The smallest absolute Gasteiger partial charge is 0.255 e. The molecule has 2 aromatic rings. The van der Waals surface area contributed by atoms with Crippen molar-refractivity contribution in [3.8, 4) is 0 Å². The number of nitrogen functional groups attached to an aromatic ring is 1. The first kappa shape index (κ1) is 18.3. The maximum Gasteiger partial charge on any atom is 0.255 e. The van der Waals surface area contributed by atoms with Crippen LogP contribution in [0.25, 0.3) is 0 Å². The minimum atomic E-state index is -0.110. The van der Waals surface area contributed by atoms with E-state index in [1.165, 1.54) is 5.56 Å². The van der Waals surface area contributed by atoms with Crippen LogP contribution in [0.5, 0.6) is 0 Å². The maximum atomic E-state index is 12.6. The van der Waals surface area contributed by atoms with Crippen LogP contribution < -0.4 is 16.0 Å². The molecule has 0 aromatic heterocycles. The fourth-order valence-electron chi connectivity index (χ4n) is 3.15. The number of amides is 1. The van der Waals surface area contributed by atoms with Crippen molar-refractivity contribution in [1.82, 2.24) is 0 Å². The monoisotopic (exact) mass is 353 g/mol. The van der Waals surface area contributed by atoms with Crippen molar-refractivity contribution in [1.29, 1.82) is 0 Å². The Hall–Kier alpha value is -2.53. The zero-order valence-corrected chi connectivity index (χ0v) is 15.7. The van der Waals surface area contributed by atoms with Crippen LogP contribution in [-0.4, -0.2) is 32.2 Å². The van der Waals surface area contributed by atoms with Crippen LogP contribution in [0.3, 0.4) is 0 Å². The molecular formula is C21H27N3O2. The van der Waals surface area contributed by atoms with Crippen molar-refractivity contribution in [2.45, 2.75) is 26.7 Å². The second-order valence-corrected chi connectivity index (χ2v) is 7.06. The molecule has 0 atom stereocenters. The number of nitrogens with zero attached hydrogens (tertiary/aromatic N) is 1. The summed E-state index contributed by atoms with van der Waals surface area (Å²) >= 11 is 0. The molecule has 3 rings (SSSR count). The second-order valence-electron chi connectivity index (χ2n) is 7.06. The van der Waals surface area contributed by atoms with Crippen molar-refractivity contribution in [3.63, 3.8) is 0 Å². The molecule has 138 valence electrons. The van der Waals surface area contributed by atoms with Gasteiger partial charge < -0.3 is 20.7 Å². The molecule has 3 N–H and O–H groups in total. The number of rotatable bonds is 4. The van der Waals surface area contributed by atoms with E-state index in [2.05, 4.69) is 24.1 Å². The highest BCUT2D eigenvalue weighted by Crippen LogP contribution is 2.31. The molecule has 0 bridgehead atoms. The number of morpholine rings is 1. The number of carbonyl (C=O) groups excluding carboxylic acids is 1. The molecule has 2 aromatic carbocycles. The molecule has 1 heterocycles. The van der Waals surface area contributed by atoms with Crippen LogP contribution in [0, 0.1) is 6.92 Å². The van der Waals surface area contributed by atoms with Crippen molar-refractivity contribution in [2.24, 2.45) is 0 Å². The first-order valence-corrected chi connectivity index (χ1v) is 9.10. The maximum absolute atomic E-state index is 12.6. The van der Waals surface area contributed by atoms with Gasteiger partial charge in [-0.15, -0.1) is 0 Å². The first-order valence-electron chi connectivity index (χ1n) is 9.10.